The number of hydrogen-bond acceptors (Lipinski definition) is 2. The van der Waals surface area contributed by atoms with E-state index in [2.05, 4.69) is 57.1 Å². The van der Waals surface area contributed by atoms with Gasteiger partial charge >= 0.3 is 0 Å². The highest BCUT2D eigenvalue weighted by atomic mass is 79.9. The van der Waals surface area contributed by atoms with E-state index in [-0.39, 0.29) is 0 Å². The lowest BCUT2D eigenvalue weighted by Gasteiger charge is -2.02. The molecule has 2 aromatic rings. The predicted octanol–water partition coefficient (Wildman–Crippen LogP) is 4.16. The van der Waals surface area contributed by atoms with Gasteiger partial charge in [-0.1, -0.05) is 28.1 Å². The van der Waals surface area contributed by atoms with E-state index in [4.69, 9.17) is 0 Å². The molecular formula is C14H15BrN2. The molecule has 0 aliphatic carbocycles. The Balaban J connectivity index is 0.000000329. The number of hydrogen-bond donors (Lipinski definition) is 1. The Hall–Kier alpha value is -1.35. The molecule has 3 rings (SSSR count). The molecule has 0 amide bonds. The van der Waals surface area contributed by atoms with Crippen LogP contribution < -0.4 is 5.32 Å². The van der Waals surface area contributed by atoms with E-state index in [1.165, 1.54) is 10.9 Å². The zero-order valence-electron chi connectivity index (χ0n) is 9.83. The highest BCUT2D eigenvalue weighted by Gasteiger charge is 2.11. The number of fused-ring (bicyclic) bond motifs is 2. The molecule has 0 bridgehead atoms. The number of pyridine rings is 1. The number of halogens is 1. The zero-order valence-corrected chi connectivity index (χ0v) is 11.4. The fourth-order valence-corrected chi connectivity index (χ4v) is 2.19. The van der Waals surface area contributed by atoms with Crippen molar-refractivity contribution < 1.29 is 0 Å². The molecule has 88 valence electrons. The second-order valence-electron chi connectivity index (χ2n) is 3.92. The van der Waals surface area contributed by atoms with Crippen molar-refractivity contribution in [2.24, 2.45) is 0 Å². The van der Waals surface area contributed by atoms with Crippen molar-refractivity contribution in [3.05, 3.63) is 47.0 Å². The lowest BCUT2D eigenvalue weighted by Crippen LogP contribution is -1.93. The Labute approximate surface area is 110 Å². The van der Waals surface area contributed by atoms with Crippen LogP contribution in [0.3, 0.4) is 0 Å². The third-order valence-corrected chi connectivity index (χ3v) is 3.04. The first kappa shape index (κ1) is 12.1. The minimum Gasteiger partial charge on any atom is -0.369 e. The third kappa shape index (κ3) is 2.67. The number of nitrogens with zero attached hydrogens (tertiary/aromatic N) is 1. The summed E-state index contributed by atoms with van der Waals surface area (Å²) in [6.45, 7) is 6.26. The van der Waals surface area contributed by atoms with Gasteiger partial charge in [0.05, 0.1) is 5.52 Å². The van der Waals surface area contributed by atoms with Gasteiger partial charge in [0.1, 0.15) is 5.82 Å². The van der Waals surface area contributed by atoms with E-state index in [0.717, 1.165) is 28.8 Å². The first-order chi connectivity index (χ1) is 8.24. The van der Waals surface area contributed by atoms with Gasteiger partial charge in [-0.15, -0.1) is 6.58 Å². The van der Waals surface area contributed by atoms with E-state index < -0.39 is 0 Å². The molecule has 1 aromatic heterocycles. The van der Waals surface area contributed by atoms with E-state index in [9.17, 15) is 0 Å². The minimum atomic E-state index is 1.01. The van der Waals surface area contributed by atoms with Crippen LogP contribution in [0, 0.1) is 0 Å². The molecule has 2 nitrogen and oxygen atoms in total. The van der Waals surface area contributed by atoms with Crippen LogP contribution in [-0.4, -0.2) is 11.5 Å². The number of benzene rings is 1. The number of rotatable bonds is 0. The molecule has 0 saturated heterocycles. The molecule has 0 fully saturated rings. The maximum Gasteiger partial charge on any atom is 0.129 e. The largest absolute Gasteiger partial charge is 0.369 e. The van der Waals surface area contributed by atoms with Crippen molar-refractivity contribution in [1.29, 1.82) is 0 Å². The van der Waals surface area contributed by atoms with Crippen LogP contribution in [0.25, 0.3) is 10.9 Å². The second kappa shape index (κ2) is 5.32. The van der Waals surface area contributed by atoms with Crippen molar-refractivity contribution in [2.75, 3.05) is 11.9 Å². The third-order valence-electron chi connectivity index (χ3n) is 2.55. The summed E-state index contributed by atoms with van der Waals surface area (Å²) < 4.78 is 1.08. The summed E-state index contributed by atoms with van der Waals surface area (Å²) in [7, 11) is 0. The average molecular weight is 291 g/mol. The van der Waals surface area contributed by atoms with Crippen LogP contribution in [0.15, 0.2) is 41.4 Å². The lowest BCUT2D eigenvalue weighted by atomic mass is 10.1. The van der Waals surface area contributed by atoms with Crippen LogP contribution in [-0.2, 0) is 6.42 Å². The molecule has 0 spiro atoms. The molecule has 0 radical (unpaired) electrons. The monoisotopic (exact) mass is 290 g/mol. The Bertz CT molecular complexity index is 549. The fraction of sp³-hybridized carbons (Fsp3) is 0.214. The van der Waals surface area contributed by atoms with E-state index in [1.54, 1.807) is 6.08 Å². The predicted molar refractivity (Wildman–Crippen MR) is 77.5 cm³/mol. The summed E-state index contributed by atoms with van der Waals surface area (Å²) in [6, 6.07) is 8.43. The maximum atomic E-state index is 4.58. The van der Waals surface area contributed by atoms with Crippen molar-refractivity contribution in [1.82, 2.24) is 4.98 Å². The molecule has 0 saturated carbocycles. The van der Waals surface area contributed by atoms with E-state index in [0.29, 0.717) is 0 Å². The molecular weight excluding hydrogens is 276 g/mol. The van der Waals surface area contributed by atoms with Gasteiger partial charge in [0.15, 0.2) is 0 Å². The number of aromatic nitrogens is 1. The topological polar surface area (TPSA) is 24.9 Å². The Morgan fingerprint density at radius 1 is 1.41 bits per heavy atom. The molecule has 1 aliphatic rings. The number of anilines is 1. The van der Waals surface area contributed by atoms with Crippen LogP contribution in [0.1, 0.15) is 12.5 Å². The molecule has 0 unspecified atom stereocenters. The average Bonchev–Trinajstić information content (AvgIpc) is 2.74. The van der Waals surface area contributed by atoms with Gasteiger partial charge < -0.3 is 5.32 Å². The van der Waals surface area contributed by atoms with Crippen LogP contribution in [0.4, 0.5) is 5.82 Å². The van der Waals surface area contributed by atoms with E-state index >= 15 is 0 Å². The molecule has 0 atom stereocenters. The summed E-state index contributed by atoms with van der Waals surface area (Å²) in [6.07, 6.45) is 2.84. The maximum absolute atomic E-state index is 4.58. The summed E-state index contributed by atoms with van der Waals surface area (Å²) in [5.74, 6) is 1.05. The summed E-state index contributed by atoms with van der Waals surface area (Å²) in [5.41, 5.74) is 2.38. The zero-order chi connectivity index (χ0) is 12.3. The van der Waals surface area contributed by atoms with Crippen LogP contribution in [0.5, 0.6) is 0 Å². The van der Waals surface area contributed by atoms with Gasteiger partial charge in [0.2, 0.25) is 0 Å². The lowest BCUT2D eigenvalue weighted by molar-refractivity contribution is 1.11. The highest BCUT2D eigenvalue weighted by molar-refractivity contribution is 9.10. The van der Waals surface area contributed by atoms with Gasteiger partial charge in [-0.05, 0) is 37.1 Å². The molecule has 3 heteroatoms. The Kier molecular flexibility index (Phi) is 3.79. The molecule has 17 heavy (non-hydrogen) atoms. The Morgan fingerprint density at radius 2 is 2.18 bits per heavy atom. The smallest absolute Gasteiger partial charge is 0.129 e. The summed E-state index contributed by atoms with van der Waals surface area (Å²) in [5, 5.41) is 4.50. The summed E-state index contributed by atoms with van der Waals surface area (Å²) >= 11 is 3.45. The van der Waals surface area contributed by atoms with Crippen LogP contribution in [0.2, 0.25) is 0 Å². The van der Waals surface area contributed by atoms with Crippen molar-refractivity contribution in [3.8, 4) is 0 Å². The first-order valence-electron chi connectivity index (χ1n) is 5.64. The van der Waals surface area contributed by atoms with Crippen LogP contribution >= 0.6 is 15.9 Å². The van der Waals surface area contributed by atoms with Crippen molar-refractivity contribution in [2.45, 2.75) is 13.3 Å². The Morgan fingerprint density at radius 3 is 2.94 bits per heavy atom. The van der Waals surface area contributed by atoms with Gasteiger partial charge in [0.25, 0.3) is 0 Å². The molecule has 1 aromatic carbocycles. The second-order valence-corrected chi connectivity index (χ2v) is 4.83. The van der Waals surface area contributed by atoms with Gasteiger partial charge in [-0.3, -0.25) is 0 Å². The molecule has 2 heterocycles. The first-order valence-corrected chi connectivity index (χ1v) is 6.44. The summed E-state index contributed by atoms with van der Waals surface area (Å²) in [4.78, 5) is 4.58. The molecule has 1 N–H and O–H groups in total. The highest BCUT2D eigenvalue weighted by Crippen LogP contribution is 2.26. The van der Waals surface area contributed by atoms with Gasteiger partial charge in [-0.2, -0.15) is 0 Å². The quantitative estimate of drug-likeness (QED) is 0.737. The fourth-order valence-electron chi connectivity index (χ4n) is 1.84. The van der Waals surface area contributed by atoms with Gasteiger partial charge in [-0.25, -0.2) is 4.98 Å². The number of allylic oxidation sites excluding steroid dienone is 1. The van der Waals surface area contributed by atoms with Crippen molar-refractivity contribution in [3.63, 3.8) is 0 Å². The van der Waals surface area contributed by atoms with E-state index in [1.807, 2.05) is 6.92 Å². The normalized spacial score (nSPS) is 12.4. The SMILES string of the molecule is Brc1ccc2cc3c(nc2c1)NCC3.C=CC. The molecule has 1 aliphatic heterocycles. The van der Waals surface area contributed by atoms with Crippen molar-refractivity contribution >= 4 is 32.7 Å². The van der Waals surface area contributed by atoms with Gasteiger partial charge in [0, 0.05) is 16.4 Å². The standard InChI is InChI=1S/C11H9BrN2.C3H6/c12-9-2-1-7-5-8-3-4-13-11(8)14-10(7)6-9;1-3-2/h1-2,5-6H,3-4H2,(H,13,14);3H,1H2,2H3. The number of nitrogens with one attached hydrogen (secondary N) is 1. The minimum absolute atomic E-state index is 1.01.